The van der Waals surface area contributed by atoms with Crippen LogP contribution in [0.5, 0.6) is 0 Å². The molecule has 2 nitrogen and oxygen atoms in total. The van der Waals surface area contributed by atoms with E-state index in [9.17, 15) is 0 Å². The van der Waals surface area contributed by atoms with E-state index in [2.05, 4.69) is 35.6 Å². The molecule has 0 aliphatic heterocycles. The number of hydrogen-bond acceptors (Lipinski definition) is 2. The van der Waals surface area contributed by atoms with E-state index in [0.29, 0.717) is 6.04 Å². The maximum absolute atomic E-state index is 5.29. The monoisotopic (exact) mass is 233 g/mol. The molecule has 1 saturated carbocycles. The first-order chi connectivity index (χ1) is 8.40. The van der Waals surface area contributed by atoms with Crippen molar-refractivity contribution in [3.63, 3.8) is 0 Å². The molecule has 1 aromatic carbocycles. The van der Waals surface area contributed by atoms with Crippen LogP contribution in [0, 0.1) is 5.92 Å². The van der Waals surface area contributed by atoms with Crippen LogP contribution in [0.25, 0.3) is 0 Å². The molecule has 0 amide bonds. The quantitative estimate of drug-likeness (QED) is 0.696. The topological polar surface area (TPSA) is 21.3 Å². The van der Waals surface area contributed by atoms with Crippen LogP contribution < -0.4 is 5.32 Å². The van der Waals surface area contributed by atoms with Gasteiger partial charge in [0.25, 0.3) is 0 Å². The average Bonchev–Trinajstić information content (AvgIpc) is 3.18. The SMILES string of the molecule is COCC(NCCCC1CC1)c1ccccc1. The molecule has 1 aliphatic carbocycles. The van der Waals surface area contributed by atoms with Gasteiger partial charge in [-0.1, -0.05) is 43.2 Å². The number of benzene rings is 1. The fraction of sp³-hybridized carbons (Fsp3) is 0.600. The molecule has 94 valence electrons. The summed E-state index contributed by atoms with van der Waals surface area (Å²) >= 11 is 0. The van der Waals surface area contributed by atoms with Gasteiger partial charge >= 0.3 is 0 Å². The van der Waals surface area contributed by atoms with Crippen molar-refractivity contribution in [3.8, 4) is 0 Å². The van der Waals surface area contributed by atoms with Crippen LogP contribution in [0.15, 0.2) is 30.3 Å². The van der Waals surface area contributed by atoms with Crippen LogP contribution in [-0.2, 0) is 4.74 Å². The number of methoxy groups -OCH3 is 1. The van der Waals surface area contributed by atoms with Gasteiger partial charge in [0.2, 0.25) is 0 Å². The molecule has 1 fully saturated rings. The molecule has 1 aromatic rings. The lowest BCUT2D eigenvalue weighted by Gasteiger charge is -2.18. The second kappa shape index (κ2) is 6.77. The standard InChI is InChI=1S/C15H23NO/c1-17-12-15(14-7-3-2-4-8-14)16-11-5-6-13-9-10-13/h2-4,7-8,13,15-16H,5-6,9-12H2,1H3. The summed E-state index contributed by atoms with van der Waals surface area (Å²) in [4.78, 5) is 0. The maximum Gasteiger partial charge on any atom is 0.0657 e. The fourth-order valence-electron chi connectivity index (χ4n) is 2.20. The van der Waals surface area contributed by atoms with Gasteiger partial charge in [0, 0.05) is 7.11 Å². The Morgan fingerprint density at radius 3 is 2.71 bits per heavy atom. The van der Waals surface area contributed by atoms with Crippen molar-refractivity contribution in [1.29, 1.82) is 0 Å². The molecule has 0 bridgehead atoms. The minimum absolute atomic E-state index is 0.334. The lowest BCUT2D eigenvalue weighted by Crippen LogP contribution is -2.26. The number of hydrogen-bond donors (Lipinski definition) is 1. The lowest BCUT2D eigenvalue weighted by molar-refractivity contribution is 0.166. The van der Waals surface area contributed by atoms with Crippen LogP contribution in [0.4, 0.5) is 0 Å². The molecule has 1 N–H and O–H groups in total. The highest BCUT2D eigenvalue weighted by molar-refractivity contribution is 5.18. The van der Waals surface area contributed by atoms with Crippen molar-refractivity contribution in [2.24, 2.45) is 5.92 Å². The molecule has 2 heteroatoms. The molecule has 0 spiro atoms. The summed E-state index contributed by atoms with van der Waals surface area (Å²) in [5, 5.41) is 3.60. The number of ether oxygens (including phenoxy) is 1. The first kappa shape index (κ1) is 12.6. The van der Waals surface area contributed by atoms with Crippen molar-refractivity contribution in [1.82, 2.24) is 5.32 Å². The maximum atomic E-state index is 5.29. The Morgan fingerprint density at radius 1 is 1.29 bits per heavy atom. The molecule has 0 saturated heterocycles. The summed E-state index contributed by atoms with van der Waals surface area (Å²) in [6.07, 6.45) is 5.60. The highest BCUT2D eigenvalue weighted by atomic mass is 16.5. The highest BCUT2D eigenvalue weighted by Crippen LogP contribution is 2.33. The molecule has 0 aromatic heterocycles. The number of rotatable bonds is 8. The summed E-state index contributed by atoms with van der Waals surface area (Å²) in [7, 11) is 1.77. The van der Waals surface area contributed by atoms with Gasteiger partial charge in [-0.25, -0.2) is 0 Å². The molecule has 1 aliphatic rings. The van der Waals surface area contributed by atoms with Gasteiger partial charge in [-0.05, 0) is 30.9 Å². The molecule has 1 atom stereocenters. The van der Waals surface area contributed by atoms with E-state index in [1.54, 1.807) is 7.11 Å². The van der Waals surface area contributed by atoms with Gasteiger partial charge in [0.1, 0.15) is 0 Å². The van der Waals surface area contributed by atoms with Crippen molar-refractivity contribution in [3.05, 3.63) is 35.9 Å². The average molecular weight is 233 g/mol. The van der Waals surface area contributed by atoms with E-state index >= 15 is 0 Å². The van der Waals surface area contributed by atoms with Gasteiger partial charge in [-0.2, -0.15) is 0 Å². The first-order valence-electron chi connectivity index (χ1n) is 6.67. The van der Waals surface area contributed by atoms with Gasteiger partial charge in [0.05, 0.1) is 12.6 Å². The summed E-state index contributed by atoms with van der Waals surface area (Å²) in [5.41, 5.74) is 1.32. The lowest BCUT2D eigenvalue weighted by atomic mass is 10.1. The Hall–Kier alpha value is -0.860. The molecule has 17 heavy (non-hydrogen) atoms. The van der Waals surface area contributed by atoms with Crippen LogP contribution in [0.2, 0.25) is 0 Å². The van der Waals surface area contributed by atoms with E-state index < -0.39 is 0 Å². The molecular formula is C15H23NO. The predicted octanol–water partition coefficient (Wildman–Crippen LogP) is 3.15. The van der Waals surface area contributed by atoms with E-state index in [4.69, 9.17) is 4.74 Å². The van der Waals surface area contributed by atoms with Crippen LogP contribution in [-0.4, -0.2) is 20.3 Å². The Bertz CT molecular complexity index is 308. The summed E-state index contributed by atoms with van der Waals surface area (Å²) in [5.74, 6) is 1.04. The van der Waals surface area contributed by atoms with Gasteiger partial charge in [-0.3, -0.25) is 0 Å². The van der Waals surface area contributed by atoms with Crippen molar-refractivity contribution < 1.29 is 4.74 Å². The minimum Gasteiger partial charge on any atom is -0.383 e. The third-order valence-corrected chi connectivity index (χ3v) is 3.41. The third kappa shape index (κ3) is 4.49. The molecular weight excluding hydrogens is 210 g/mol. The van der Waals surface area contributed by atoms with Gasteiger partial charge < -0.3 is 10.1 Å². The van der Waals surface area contributed by atoms with Crippen LogP contribution in [0.3, 0.4) is 0 Å². The molecule has 2 rings (SSSR count). The van der Waals surface area contributed by atoms with E-state index in [1.165, 1.54) is 31.2 Å². The summed E-state index contributed by atoms with van der Waals surface area (Å²) in [6.45, 7) is 1.84. The van der Waals surface area contributed by atoms with Crippen molar-refractivity contribution in [2.75, 3.05) is 20.3 Å². The third-order valence-electron chi connectivity index (χ3n) is 3.41. The smallest absolute Gasteiger partial charge is 0.0657 e. The molecule has 0 heterocycles. The molecule has 1 unspecified atom stereocenters. The van der Waals surface area contributed by atoms with Crippen LogP contribution in [0.1, 0.15) is 37.3 Å². The highest BCUT2D eigenvalue weighted by Gasteiger charge is 2.20. The van der Waals surface area contributed by atoms with E-state index in [0.717, 1.165) is 19.1 Å². The van der Waals surface area contributed by atoms with E-state index in [-0.39, 0.29) is 0 Å². The van der Waals surface area contributed by atoms with Crippen molar-refractivity contribution in [2.45, 2.75) is 31.7 Å². The minimum atomic E-state index is 0.334. The molecule has 0 radical (unpaired) electrons. The fourth-order valence-corrected chi connectivity index (χ4v) is 2.20. The second-order valence-electron chi connectivity index (χ2n) is 4.96. The van der Waals surface area contributed by atoms with Crippen molar-refractivity contribution >= 4 is 0 Å². The zero-order valence-corrected chi connectivity index (χ0v) is 10.7. The van der Waals surface area contributed by atoms with Gasteiger partial charge in [-0.15, -0.1) is 0 Å². The normalized spacial score (nSPS) is 17.0. The largest absolute Gasteiger partial charge is 0.383 e. The summed E-state index contributed by atoms with van der Waals surface area (Å²) < 4.78 is 5.29. The van der Waals surface area contributed by atoms with E-state index in [1.807, 2.05) is 0 Å². The van der Waals surface area contributed by atoms with Gasteiger partial charge in [0.15, 0.2) is 0 Å². The summed E-state index contributed by atoms with van der Waals surface area (Å²) in [6, 6.07) is 10.9. The number of nitrogens with one attached hydrogen (secondary N) is 1. The Kier molecular flexibility index (Phi) is 5.02. The zero-order chi connectivity index (χ0) is 11.9. The Balaban J connectivity index is 1.75. The van der Waals surface area contributed by atoms with Crippen LogP contribution >= 0.6 is 0 Å². The predicted molar refractivity (Wildman–Crippen MR) is 71.0 cm³/mol. The Morgan fingerprint density at radius 2 is 2.06 bits per heavy atom. The first-order valence-corrected chi connectivity index (χ1v) is 6.67. The second-order valence-corrected chi connectivity index (χ2v) is 4.96. The Labute approximate surface area is 104 Å². The zero-order valence-electron chi connectivity index (χ0n) is 10.7.